The van der Waals surface area contributed by atoms with Gasteiger partial charge < -0.3 is 9.13 Å². The van der Waals surface area contributed by atoms with E-state index in [2.05, 4.69) is 59.8 Å². The van der Waals surface area contributed by atoms with Gasteiger partial charge in [-0.1, -0.05) is 55.9 Å². The van der Waals surface area contributed by atoms with Crippen molar-refractivity contribution in [2.45, 2.75) is 51.7 Å². The van der Waals surface area contributed by atoms with Crippen molar-refractivity contribution < 1.29 is 4.79 Å². The predicted molar refractivity (Wildman–Crippen MR) is 114 cm³/mol. The molecule has 0 spiro atoms. The van der Waals surface area contributed by atoms with Gasteiger partial charge in [-0.15, -0.1) is 10.2 Å². The summed E-state index contributed by atoms with van der Waals surface area (Å²) in [5.41, 5.74) is 4.29. The highest BCUT2D eigenvalue weighted by Crippen LogP contribution is 2.23. The van der Waals surface area contributed by atoms with Crippen LogP contribution in [0, 0.1) is 13.8 Å². The van der Waals surface area contributed by atoms with Crippen molar-refractivity contribution in [3.05, 3.63) is 64.7 Å². The summed E-state index contributed by atoms with van der Waals surface area (Å²) in [6, 6.07) is 12.5. The molecule has 3 rings (SSSR count). The Balaban J connectivity index is 1.67. The molecule has 0 N–H and O–H groups in total. The summed E-state index contributed by atoms with van der Waals surface area (Å²) < 4.78 is 4.22. The van der Waals surface area contributed by atoms with E-state index in [-0.39, 0.29) is 5.78 Å². The molecule has 0 bridgehead atoms. The van der Waals surface area contributed by atoms with Crippen LogP contribution in [0.4, 0.5) is 0 Å². The molecule has 0 aliphatic rings. The van der Waals surface area contributed by atoms with Crippen LogP contribution >= 0.6 is 11.8 Å². The number of thioether (sulfide) groups is 1. The SMILES string of the molecule is Cc1cc(C(=O)CSc2nnc(C(C)C)n2C)c(C)n1CCc1ccccc1. The van der Waals surface area contributed by atoms with Crippen molar-refractivity contribution in [2.24, 2.45) is 7.05 Å². The Labute approximate surface area is 171 Å². The van der Waals surface area contributed by atoms with Crippen LogP contribution in [0.15, 0.2) is 41.6 Å². The molecule has 6 heteroatoms. The van der Waals surface area contributed by atoms with Crippen LogP contribution < -0.4 is 0 Å². The standard InChI is InChI=1S/C22H28N4OS/c1-15(2)21-23-24-22(25(21)5)28-14-20(27)19-13-16(3)26(17(19)4)12-11-18-9-7-6-8-10-18/h6-10,13,15H,11-12,14H2,1-5H3. The molecule has 0 saturated heterocycles. The third-order valence-corrected chi connectivity index (χ3v) is 6.08. The minimum atomic E-state index is 0.137. The normalized spacial score (nSPS) is 11.4. The predicted octanol–water partition coefficient (Wildman–Crippen LogP) is 4.57. The van der Waals surface area contributed by atoms with Gasteiger partial charge in [-0.05, 0) is 31.9 Å². The average molecular weight is 397 g/mol. The lowest BCUT2D eigenvalue weighted by molar-refractivity contribution is 0.102. The fourth-order valence-electron chi connectivity index (χ4n) is 3.48. The molecule has 0 aliphatic heterocycles. The molecule has 0 fully saturated rings. The Kier molecular flexibility index (Phi) is 6.39. The van der Waals surface area contributed by atoms with Gasteiger partial charge in [0.2, 0.25) is 0 Å². The molecule has 2 aromatic heterocycles. The number of hydrogen-bond acceptors (Lipinski definition) is 4. The number of carbonyl (C=O) groups excluding carboxylic acids is 1. The lowest BCUT2D eigenvalue weighted by Gasteiger charge is -2.10. The first-order valence-corrected chi connectivity index (χ1v) is 10.6. The summed E-state index contributed by atoms with van der Waals surface area (Å²) in [4.78, 5) is 12.8. The van der Waals surface area contributed by atoms with Gasteiger partial charge in [0.05, 0.1) is 5.75 Å². The molecule has 0 aliphatic carbocycles. The Hall–Kier alpha value is -2.34. The van der Waals surface area contributed by atoms with Gasteiger partial charge in [0.15, 0.2) is 10.9 Å². The van der Waals surface area contributed by atoms with Gasteiger partial charge in [-0.3, -0.25) is 4.79 Å². The number of carbonyl (C=O) groups is 1. The third-order valence-electron chi connectivity index (χ3n) is 5.06. The van der Waals surface area contributed by atoms with E-state index in [1.165, 1.54) is 17.3 Å². The third kappa shape index (κ3) is 4.38. The van der Waals surface area contributed by atoms with Crippen molar-refractivity contribution >= 4 is 17.5 Å². The first kappa shape index (κ1) is 20.4. The van der Waals surface area contributed by atoms with Crippen LogP contribution in [0.3, 0.4) is 0 Å². The smallest absolute Gasteiger partial charge is 0.191 e. The number of hydrogen-bond donors (Lipinski definition) is 0. The minimum Gasteiger partial charge on any atom is -0.348 e. The lowest BCUT2D eigenvalue weighted by Crippen LogP contribution is -2.09. The van der Waals surface area contributed by atoms with E-state index < -0.39 is 0 Å². The van der Waals surface area contributed by atoms with E-state index in [0.29, 0.717) is 11.7 Å². The van der Waals surface area contributed by atoms with Gasteiger partial charge in [0.1, 0.15) is 5.82 Å². The van der Waals surface area contributed by atoms with E-state index >= 15 is 0 Å². The molecule has 5 nitrogen and oxygen atoms in total. The van der Waals surface area contributed by atoms with E-state index in [9.17, 15) is 4.79 Å². The molecule has 2 heterocycles. The van der Waals surface area contributed by atoms with Crippen molar-refractivity contribution in [1.29, 1.82) is 0 Å². The van der Waals surface area contributed by atoms with Gasteiger partial charge >= 0.3 is 0 Å². The Morgan fingerprint density at radius 3 is 2.50 bits per heavy atom. The number of aryl methyl sites for hydroxylation is 2. The van der Waals surface area contributed by atoms with Crippen molar-refractivity contribution in [2.75, 3.05) is 5.75 Å². The second-order valence-corrected chi connectivity index (χ2v) is 8.38. The molecule has 0 unspecified atom stereocenters. The van der Waals surface area contributed by atoms with Gasteiger partial charge in [-0.25, -0.2) is 0 Å². The zero-order valence-electron chi connectivity index (χ0n) is 17.3. The summed E-state index contributed by atoms with van der Waals surface area (Å²) in [6.07, 6.45) is 0.955. The fraction of sp³-hybridized carbons (Fsp3) is 0.409. The van der Waals surface area contributed by atoms with Gasteiger partial charge in [0, 0.05) is 36.5 Å². The van der Waals surface area contributed by atoms with Crippen LogP contribution in [0.25, 0.3) is 0 Å². The number of ketones is 1. The number of aromatic nitrogens is 4. The summed E-state index contributed by atoms with van der Waals surface area (Å²) in [6.45, 7) is 9.17. The van der Waals surface area contributed by atoms with E-state index in [1.807, 2.05) is 30.7 Å². The van der Waals surface area contributed by atoms with E-state index in [1.54, 1.807) is 0 Å². The molecular formula is C22H28N4OS. The first-order chi connectivity index (χ1) is 13.4. The second-order valence-electron chi connectivity index (χ2n) is 7.44. The van der Waals surface area contributed by atoms with Gasteiger partial charge in [-0.2, -0.15) is 0 Å². The first-order valence-electron chi connectivity index (χ1n) is 9.64. The molecular weight excluding hydrogens is 368 g/mol. The molecule has 148 valence electrons. The highest BCUT2D eigenvalue weighted by atomic mass is 32.2. The van der Waals surface area contributed by atoms with Crippen LogP contribution in [-0.2, 0) is 20.0 Å². The number of Topliss-reactive ketones (excluding diaryl/α,β-unsaturated/α-hetero) is 1. The van der Waals surface area contributed by atoms with Crippen LogP contribution in [0.5, 0.6) is 0 Å². The number of benzene rings is 1. The summed E-state index contributed by atoms with van der Waals surface area (Å²) >= 11 is 1.45. The summed E-state index contributed by atoms with van der Waals surface area (Å²) in [5.74, 6) is 1.76. The molecule has 0 atom stereocenters. The van der Waals surface area contributed by atoms with Crippen LogP contribution in [-0.4, -0.2) is 30.9 Å². The quantitative estimate of drug-likeness (QED) is 0.413. The lowest BCUT2D eigenvalue weighted by atomic mass is 10.1. The molecule has 28 heavy (non-hydrogen) atoms. The van der Waals surface area contributed by atoms with Crippen molar-refractivity contribution in [1.82, 2.24) is 19.3 Å². The molecule has 0 amide bonds. The maximum absolute atomic E-state index is 12.8. The highest BCUT2D eigenvalue weighted by Gasteiger charge is 2.18. The van der Waals surface area contributed by atoms with Gasteiger partial charge in [0.25, 0.3) is 0 Å². The number of nitrogens with zero attached hydrogens (tertiary/aromatic N) is 4. The zero-order chi connectivity index (χ0) is 20.3. The zero-order valence-corrected chi connectivity index (χ0v) is 18.1. The van der Waals surface area contributed by atoms with Crippen LogP contribution in [0.1, 0.15) is 52.9 Å². The van der Waals surface area contributed by atoms with E-state index in [0.717, 1.165) is 40.9 Å². The maximum Gasteiger partial charge on any atom is 0.191 e. The highest BCUT2D eigenvalue weighted by molar-refractivity contribution is 7.99. The van der Waals surface area contributed by atoms with Crippen LogP contribution in [0.2, 0.25) is 0 Å². The summed E-state index contributed by atoms with van der Waals surface area (Å²) in [5, 5.41) is 9.25. The number of rotatable bonds is 8. The Morgan fingerprint density at radius 1 is 1.14 bits per heavy atom. The summed E-state index contributed by atoms with van der Waals surface area (Å²) in [7, 11) is 1.96. The fourth-order valence-corrected chi connectivity index (χ4v) is 4.28. The molecule has 0 radical (unpaired) electrons. The maximum atomic E-state index is 12.8. The average Bonchev–Trinajstić information content (AvgIpc) is 3.18. The Bertz CT molecular complexity index is 957. The second kappa shape index (κ2) is 8.78. The van der Waals surface area contributed by atoms with Crippen molar-refractivity contribution in [3.8, 4) is 0 Å². The minimum absolute atomic E-state index is 0.137. The monoisotopic (exact) mass is 396 g/mol. The molecule has 1 aromatic carbocycles. The van der Waals surface area contributed by atoms with Crippen molar-refractivity contribution in [3.63, 3.8) is 0 Å². The molecule has 3 aromatic rings. The largest absolute Gasteiger partial charge is 0.348 e. The Morgan fingerprint density at radius 2 is 1.86 bits per heavy atom. The molecule has 0 saturated carbocycles. The van der Waals surface area contributed by atoms with E-state index in [4.69, 9.17) is 0 Å². The topological polar surface area (TPSA) is 52.7 Å².